The number of nitrogens with zero attached hydrogens (tertiary/aromatic N) is 3. The van der Waals surface area contributed by atoms with E-state index in [9.17, 15) is 4.55 Å². The van der Waals surface area contributed by atoms with Crippen LogP contribution in [0.15, 0.2) is 53.4 Å². The van der Waals surface area contributed by atoms with E-state index in [0.29, 0.717) is 42.2 Å². The molecule has 1 fully saturated rings. The molecule has 5 rings (SSSR count). The van der Waals surface area contributed by atoms with Crippen molar-refractivity contribution in [3.8, 4) is 17.1 Å². The molecule has 51 heavy (non-hydrogen) atoms. The maximum absolute atomic E-state index is 13.7. The van der Waals surface area contributed by atoms with Crippen LogP contribution in [0, 0.1) is 37.0 Å². The van der Waals surface area contributed by atoms with E-state index in [2.05, 4.69) is 102 Å². The minimum atomic E-state index is -1.52. The van der Waals surface area contributed by atoms with Gasteiger partial charge in [-0.05, 0) is 118 Å². The van der Waals surface area contributed by atoms with E-state index in [1.807, 2.05) is 18.2 Å². The second kappa shape index (κ2) is 17.9. The number of nitrogens with one attached hydrogen (secondary N) is 1. The van der Waals surface area contributed by atoms with Crippen LogP contribution in [0.4, 0.5) is 5.95 Å². The van der Waals surface area contributed by atoms with Crippen molar-refractivity contribution in [3.63, 3.8) is 0 Å². The van der Waals surface area contributed by atoms with Crippen LogP contribution in [-0.4, -0.2) is 57.4 Å². The first kappa shape index (κ1) is 39.6. The van der Waals surface area contributed by atoms with Gasteiger partial charge in [0.05, 0.1) is 24.5 Å². The molecule has 1 N–H and O–H groups in total. The molecular formula is C43H64N4O3S. The van der Waals surface area contributed by atoms with Crippen molar-refractivity contribution in [2.45, 2.75) is 137 Å². The molecule has 1 aromatic heterocycles. The lowest BCUT2D eigenvalue weighted by atomic mass is 9.71. The number of aryl methyl sites for hydroxylation is 3. The zero-order valence-electron chi connectivity index (χ0n) is 32.8. The third kappa shape index (κ3) is 11.2. The first-order valence-corrected chi connectivity index (χ1v) is 20.7. The van der Waals surface area contributed by atoms with Crippen molar-refractivity contribution in [1.29, 1.82) is 0 Å². The van der Waals surface area contributed by atoms with Gasteiger partial charge in [0.1, 0.15) is 11.4 Å². The lowest BCUT2D eigenvalue weighted by molar-refractivity contribution is -0.0830. The van der Waals surface area contributed by atoms with Crippen LogP contribution in [0.2, 0.25) is 0 Å². The Morgan fingerprint density at radius 3 is 2.37 bits per heavy atom. The molecule has 7 nitrogen and oxygen atoms in total. The minimum absolute atomic E-state index is 0.139. The van der Waals surface area contributed by atoms with Crippen molar-refractivity contribution in [2.75, 3.05) is 24.4 Å². The van der Waals surface area contributed by atoms with E-state index in [0.717, 1.165) is 59.6 Å². The average molecular weight is 717 g/mol. The number of morpholine rings is 1. The van der Waals surface area contributed by atoms with Crippen molar-refractivity contribution in [3.05, 3.63) is 65.2 Å². The van der Waals surface area contributed by atoms with Gasteiger partial charge in [0, 0.05) is 30.8 Å². The highest BCUT2D eigenvalue weighted by Crippen LogP contribution is 2.39. The Morgan fingerprint density at radius 1 is 0.980 bits per heavy atom. The van der Waals surface area contributed by atoms with E-state index in [4.69, 9.17) is 19.4 Å². The molecule has 4 bridgehead atoms. The lowest BCUT2D eigenvalue weighted by Crippen LogP contribution is -2.50. The summed E-state index contributed by atoms with van der Waals surface area (Å²) < 4.78 is 29.7. The standard InChI is InChI=1S/C43H64N4O3S/c1-10-11-17-36(47-26-32(5)50-33(6)27-47)21-19-29(2)38-22-20-34-16-13-18-37(23-34)51(48)46-42-44-39(41-30(3)14-12-15-31(41)4)24-40(45-42)49-28-35(38)25-43(7,8)9/h12-16,18,23-24,29,32-33,35-36,38H,10-11,17,19-22,25-28H2,1-9H3,(H,44,45,46)/t29?,32-,33+,35-,36+,38?,51?/m1/s1. The summed E-state index contributed by atoms with van der Waals surface area (Å²) in [6.07, 6.45) is 9.74. The number of unbranched alkanes of at least 4 members (excludes halogenated alkanes) is 1. The molecule has 3 unspecified atom stereocenters. The Kier molecular flexibility index (Phi) is 13.9. The fourth-order valence-electron chi connectivity index (χ4n) is 8.61. The number of fused-ring (bicyclic) bond motifs is 4. The number of hydrogen-bond acceptors (Lipinski definition) is 7. The first-order valence-electron chi connectivity index (χ1n) is 19.5. The Labute approximate surface area is 312 Å². The van der Waals surface area contributed by atoms with E-state index in [-0.39, 0.29) is 17.6 Å². The number of ether oxygens (including phenoxy) is 2. The van der Waals surface area contributed by atoms with Gasteiger partial charge in [0.2, 0.25) is 5.88 Å². The summed E-state index contributed by atoms with van der Waals surface area (Å²) in [4.78, 5) is 13.1. The Balaban J connectivity index is 1.48. The molecule has 0 amide bonds. The summed E-state index contributed by atoms with van der Waals surface area (Å²) >= 11 is -1.52. The quantitative estimate of drug-likeness (QED) is 0.209. The maximum Gasteiger partial charge on any atom is 0.269 e. The first-order chi connectivity index (χ1) is 24.3. The van der Waals surface area contributed by atoms with Crippen molar-refractivity contribution < 1.29 is 14.0 Å². The molecule has 3 aromatic rings. The highest BCUT2D eigenvalue weighted by molar-refractivity contribution is 7.92. The largest absolute Gasteiger partial charge is 0.588 e. The van der Waals surface area contributed by atoms with E-state index in [1.54, 1.807) is 0 Å². The summed E-state index contributed by atoms with van der Waals surface area (Å²) in [6.45, 7) is 23.1. The second-order valence-electron chi connectivity index (χ2n) is 16.8. The second-order valence-corrected chi connectivity index (χ2v) is 18.0. The van der Waals surface area contributed by atoms with Gasteiger partial charge in [-0.1, -0.05) is 77.8 Å². The SMILES string of the molecule is CCCC[C@@H](CCC(C)C1CCc2cccc(c2)[S+]([O-])Nc2nc(cc(-c3c(C)cccc3C)n2)OC[C@H]1CC(C)(C)C)N1C[C@@H](C)O[C@@H](C)C1. The summed E-state index contributed by atoms with van der Waals surface area (Å²) in [5.41, 5.74) is 5.45. The number of benzene rings is 2. The molecule has 0 saturated carbocycles. The lowest BCUT2D eigenvalue weighted by Gasteiger charge is -2.41. The number of aromatic nitrogens is 2. The molecule has 7 atom stereocenters. The Morgan fingerprint density at radius 2 is 1.69 bits per heavy atom. The predicted octanol–water partition coefficient (Wildman–Crippen LogP) is 9.97. The third-order valence-corrected chi connectivity index (χ3v) is 12.0. The highest BCUT2D eigenvalue weighted by Gasteiger charge is 2.33. The zero-order chi connectivity index (χ0) is 36.7. The van der Waals surface area contributed by atoms with Gasteiger partial charge >= 0.3 is 0 Å². The molecule has 2 aliphatic rings. The minimum Gasteiger partial charge on any atom is -0.588 e. The summed E-state index contributed by atoms with van der Waals surface area (Å²) in [7, 11) is 0. The van der Waals surface area contributed by atoms with Gasteiger partial charge in [0.15, 0.2) is 4.90 Å². The van der Waals surface area contributed by atoms with E-state index >= 15 is 0 Å². The smallest absolute Gasteiger partial charge is 0.269 e. The molecule has 2 aromatic carbocycles. The monoisotopic (exact) mass is 716 g/mol. The topological polar surface area (TPSA) is 82.6 Å². The summed E-state index contributed by atoms with van der Waals surface area (Å²) in [6, 6.07) is 17.1. The van der Waals surface area contributed by atoms with Crippen molar-refractivity contribution >= 4 is 17.3 Å². The van der Waals surface area contributed by atoms with Gasteiger partial charge in [-0.2, -0.15) is 9.71 Å². The molecular weight excluding hydrogens is 653 g/mol. The number of rotatable bonds is 10. The van der Waals surface area contributed by atoms with Crippen LogP contribution in [0.25, 0.3) is 11.3 Å². The molecule has 2 aliphatic heterocycles. The number of anilines is 1. The van der Waals surface area contributed by atoms with E-state index < -0.39 is 11.4 Å². The molecule has 0 radical (unpaired) electrons. The fraction of sp³-hybridized carbons (Fsp3) is 0.628. The van der Waals surface area contributed by atoms with Crippen molar-refractivity contribution in [2.24, 2.45) is 23.2 Å². The zero-order valence-corrected chi connectivity index (χ0v) is 33.7. The highest BCUT2D eigenvalue weighted by atomic mass is 32.2. The van der Waals surface area contributed by atoms with Crippen LogP contribution in [0.1, 0.15) is 110 Å². The maximum atomic E-state index is 13.7. The molecule has 280 valence electrons. The molecule has 3 heterocycles. The molecule has 8 heteroatoms. The average Bonchev–Trinajstić information content (AvgIpc) is 3.06. The Bertz CT molecular complexity index is 1530. The van der Waals surface area contributed by atoms with Crippen LogP contribution in [0.5, 0.6) is 5.88 Å². The van der Waals surface area contributed by atoms with Gasteiger partial charge < -0.3 is 14.0 Å². The van der Waals surface area contributed by atoms with Gasteiger partial charge in [-0.25, -0.2) is 4.98 Å². The third-order valence-electron chi connectivity index (χ3n) is 11.0. The van der Waals surface area contributed by atoms with Crippen LogP contribution >= 0.6 is 0 Å². The van der Waals surface area contributed by atoms with Crippen molar-refractivity contribution in [1.82, 2.24) is 14.9 Å². The Hall–Kier alpha value is -2.65. The molecule has 0 aliphatic carbocycles. The fourth-order valence-corrected chi connectivity index (χ4v) is 9.45. The van der Waals surface area contributed by atoms with Crippen LogP contribution < -0.4 is 9.46 Å². The summed E-state index contributed by atoms with van der Waals surface area (Å²) in [5.74, 6) is 2.14. The van der Waals surface area contributed by atoms with Gasteiger partial charge in [0.25, 0.3) is 5.95 Å². The summed E-state index contributed by atoms with van der Waals surface area (Å²) in [5, 5.41) is 0. The van der Waals surface area contributed by atoms with E-state index in [1.165, 1.54) is 37.7 Å². The van der Waals surface area contributed by atoms with Crippen LogP contribution in [0.3, 0.4) is 0 Å². The normalized spacial score (nSPS) is 24.5. The number of hydrogen-bond donors (Lipinski definition) is 1. The van der Waals surface area contributed by atoms with Gasteiger partial charge in [-0.15, -0.1) is 0 Å². The predicted molar refractivity (Wildman–Crippen MR) is 212 cm³/mol. The molecule has 1 saturated heterocycles. The van der Waals surface area contributed by atoms with Gasteiger partial charge in [-0.3, -0.25) is 4.90 Å². The molecule has 0 spiro atoms. The van der Waals surface area contributed by atoms with Crippen LogP contribution in [-0.2, 0) is 22.5 Å².